The maximum Gasteiger partial charge on any atom is 0.308 e. The van der Waals surface area contributed by atoms with E-state index in [4.69, 9.17) is 14.2 Å². The van der Waals surface area contributed by atoms with E-state index in [1.807, 2.05) is 13.0 Å². The molecule has 1 fully saturated rings. The number of aryl methyl sites for hydroxylation is 1. The molecule has 3 amide bonds. The number of imide groups is 1. The van der Waals surface area contributed by atoms with Crippen molar-refractivity contribution in [3.63, 3.8) is 0 Å². The van der Waals surface area contributed by atoms with Gasteiger partial charge < -0.3 is 19.1 Å². The van der Waals surface area contributed by atoms with Gasteiger partial charge in [0.25, 0.3) is 11.8 Å². The van der Waals surface area contributed by atoms with Crippen LogP contribution in [0.2, 0.25) is 0 Å². The summed E-state index contributed by atoms with van der Waals surface area (Å²) < 4.78 is 15.9. The summed E-state index contributed by atoms with van der Waals surface area (Å²) in [5.74, 6) is -0.310. The third-order valence-electron chi connectivity index (χ3n) is 6.17. The van der Waals surface area contributed by atoms with Crippen molar-refractivity contribution in [1.29, 1.82) is 0 Å². The summed E-state index contributed by atoms with van der Waals surface area (Å²) in [4.78, 5) is 54.0. The molecule has 0 saturated carbocycles. The summed E-state index contributed by atoms with van der Waals surface area (Å²) in [6.07, 6.45) is -0.160. The first-order valence-electron chi connectivity index (χ1n) is 11.7. The molecule has 2 aliphatic rings. The lowest BCUT2D eigenvalue weighted by Crippen LogP contribution is -2.45. The molecule has 2 heterocycles. The molecule has 3 aromatic carbocycles. The number of carbonyl (C=O) groups excluding carboxylic acids is 4. The first-order valence-corrected chi connectivity index (χ1v) is 11.7. The minimum Gasteiger partial charge on any atom is -0.454 e. The summed E-state index contributed by atoms with van der Waals surface area (Å²) >= 11 is 0. The van der Waals surface area contributed by atoms with Gasteiger partial charge in [-0.25, -0.2) is 4.90 Å². The molecule has 0 bridgehead atoms. The largest absolute Gasteiger partial charge is 0.454 e. The van der Waals surface area contributed by atoms with Crippen LogP contribution in [-0.2, 0) is 20.9 Å². The Labute approximate surface area is 213 Å². The Balaban J connectivity index is 1.46. The third kappa shape index (κ3) is 4.88. The van der Waals surface area contributed by atoms with Crippen LogP contribution in [0.4, 0.5) is 5.69 Å². The van der Waals surface area contributed by atoms with Gasteiger partial charge in [0.2, 0.25) is 12.7 Å². The first-order chi connectivity index (χ1) is 17.8. The van der Waals surface area contributed by atoms with Crippen LogP contribution in [0.3, 0.4) is 0 Å². The molecular weight excluding hydrogens is 476 g/mol. The van der Waals surface area contributed by atoms with Crippen LogP contribution in [-0.4, -0.2) is 41.4 Å². The summed E-state index contributed by atoms with van der Waals surface area (Å²) in [5, 5.41) is 0. The Morgan fingerprint density at radius 3 is 2.49 bits per heavy atom. The highest BCUT2D eigenvalue weighted by Crippen LogP contribution is 2.34. The van der Waals surface area contributed by atoms with E-state index in [0.29, 0.717) is 28.5 Å². The monoisotopic (exact) mass is 500 g/mol. The molecule has 5 rings (SSSR count). The fourth-order valence-electron chi connectivity index (χ4n) is 4.46. The van der Waals surface area contributed by atoms with Crippen LogP contribution in [0.1, 0.15) is 34.8 Å². The zero-order valence-corrected chi connectivity index (χ0v) is 20.3. The van der Waals surface area contributed by atoms with Crippen molar-refractivity contribution < 1.29 is 33.4 Å². The van der Waals surface area contributed by atoms with Gasteiger partial charge >= 0.3 is 5.97 Å². The number of hydrogen-bond acceptors (Lipinski definition) is 7. The van der Waals surface area contributed by atoms with Gasteiger partial charge in [-0.2, -0.15) is 0 Å². The fourth-order valence-corrected chi connectivity index (χ4v) is 4.46. The molecule has 1 saturated heterocycles. The van der Waals surface area contributed by atoms with Crippen LogP contribution < -0.4 is 19.1 Å². The van der Waals surface area contributed by atoms with E-state index >= 15 is 0 Å². The number of hydrogen-bond donors (Lipinski definition) is 0. The summed E-state index contributed by atoms with van der Waals surface area (Å²) in [7, 11) is 0. The molecule has 188 valence electrons. The first kappa shape index (κ1) is 24.1. The van der Waals surface area contributed by atoms with Gasteiger partial charge in [0, 0.05) is 19.0 Å². The van der Waals surface area contributed by atoms with Crippen molar-refractivity contribution in [3.8, 4) is 17.2 Å². The van der Waals surface area contributed by atoms with Gasteiger partial charge in [-0.05, 0) is 61.0 Å². The van der Waals surface area contributed by atoms with Gasteiger partial charge in [-0.15, -0.1) is 0 Å². The second-order valence-electron chi connectivity index (χ2n) is 8.87. The molecule has 9 heteroatoms. The van der Waals surface area contributed by atoms with E-state index in [0.717, 1.165) is 16.0 Å². The van der Waals surface area contributed by atoms with E-state index in [1.54, 1.807) is 36.4 Å². The standard InChI is InChI=1S/C28H24N2O7/c1-17-4-3-5-20(12-17)27(33)29(15-19-6-11-24-25(13-19)36-16-35-24)23-14-26(32)30(28(23)34)21-7-9-22(10-8-21)37-18(2)31/h3-13,23H,14-16H2,1-2H3. The lowest BCUT2D eigenvalue weighted by molar-refractivity contribution is -0.132. The molecule has 0 aliphatic carbocycles. The highest BCUT2D eigenvalue weighted by Gasteiger charge is 2.44. The zero-order chi connectivity index (χ0) is 26.1. The number of fused-ring (bicyclic) bond motifs is 1. The minimum absolute atomic E-state index is 0.0896. The number of benzene rings is 3. The number of nitrogens with zero attached hydrogens (tertiary/aromatic N) is 2. The molecule has 0 aromatic heterocycles. The van der Waals surface area contributed by atoms with Crippen molar-refractivity contribution in [2.24, 2.45) is 0 Å². The van der Waals surface area contributed by atoms with Crippen LogP contribution in [0, 0.1) is 6.92 Å². The third-order valence-corrected chi connectivity index (χ3v) is 6.17. The zero-order valence-electron chi connectivity index (χ0n) is 20.3. The van der Waals surface area contributed by atoms with Crippen LogP contribution in [0.15, 0.2) is 66.7 Å². The number of esters is 1. The molecule has 0 spiro atoms. The van der Waals surface area contributed by atoms with Crippen LogP contribution in [0.5, 0.6) is 17.2 Å². The second-order valence-corrected chi connectivity index (χ2v) is 8.87. The molecule has 3 aromatic rings. The average molecular weight is 501 g/mol. The molecule has 37 heavy (non-hydrogen) atoms. The summed E-state index contributed by atoms with van der Waals surface area (Å²) in [5.41, 5.74) is 2.39. The molecule has 1 unspecified atom stereocenters. The Hall–Kier alpha value is -4.66. The Morgan fingerprint density at radius 1 is 1.00 bits per heavy atom. The normalized spacial score (nSPS) is 16.2. The molecule has 9 nitrogen and oxygen atoms in total. The van der Waals surface area contributed by atoms with Gasteiger partial charge in [-0.3, -0.25) is 19.2 Å². The fraction of sp³-hybridized carbons (Fsp3) is 0.214. The lowest BCUT2D eigenvalue weighted by Gasteiger charge is -2.28. The number of anilines is 1. The van der Waals surface area contributed by atoms with Crippen molar-refractivity contribution in [3.05, 3.63) is 83.4 Å². The van der Waals surface area contributed by atoms with Crippen LogP contribution >= 0.6 is 0 Å². The number of ether oxygens (including phenoxy) is 3. The Kier molecular flexibility index (Phi) is 6.35. The van der Waals surface area contributed by atoms with Crippen molar-refractivity contribution in [2.45, 2.75) is 32.9 Å². The highest BCUT2D eigenvalue weighted by molar-refractivity contribution is 6.23. The van der Waals surface area contributed by atoms with Crippen LogP contribution in [0.25, 0.3) is 0 Å². The predicted octanol–water partition coefficient (Wildman–Crippen LogP) is 3.62. The molecule has 2 aliphatic heterocycles. The van der Waals surface area contributed by atoms with Crippen molar-refractivity contribution >= 4 is 29.4 Å². The van der Waals surface area contributed by atoms with Crippen molar-refractivity contribution in [2.75, 3.05) is 11.7 Å². The molecule has 1 atom stereocenters. The van der Waals surface area contributed by atoms with Gasteiger partial charge in [0.05, 0.1) is 12.1 Å². The minimum atomic E-state index is -1.00. The maximum atomic E-state index is 13.7. The molecular formula is C28H24N2O7. The smallest absolute Gasteiger partial charge is 0.308 e. The van der Waals surface area contributed by atoms with E-state index < -0.39 is 23.8 Å². The summed E-state index contributed by atoms with van der Waals surface area (Å²) in [6, 6.07) is 17.5. The Bertz CT molecular complexity index is 1400. The van der Waals surface area contributed by atoms with Gasteiger partial charge in [0.15, 0.2) is 11.5 Å². The van der Waals surface area contributed by atoms with E-state index in [9.17, 15) is 19.2 Å². The van der Waals surface area contributed by atoms with E-state index in [1.165, 1.54) is 36.1 Å². The number of amides is 3. The Morgan fingerprint density at radius 2 is 1.76 bits per heavy atom. The number of rotatable bonds is 6. The van der Waals surface area contributed by atoms with Gasteiger partial charge in [0.1, 0.15) is 11.8 Å². The molecule has 0 radical (unpaired) electrons. The quantitative estimate of drug-likeness (QED) is 0.289. The van der Waals surface area contributed by atoms with E-state index in [-0.39, 0.29) is 25.7 Å². The van der Waals surface area contributed by atoms with Gasteiger partial charge in [-0.1, -0.05) is 23.8 Å². The average Bonchev–Trinajstić information content (AvgIpc) is 3.45. The summed E-state index contributed by atoms with van der Waals surface area (Å²) in [6.45, 7) is 3.37. The number of carbonyl (C=O) groups is 4. The van der Waals surface area contributed by atoms with E-state index in [2.05, 4.69) is 0 Å². The molecule has 0 N–H and O–H groups in total. The topological polar surface area (TPSA) is 102 Å². The van der Waals surface area contributed by atoms with Crippen molar-refractivity contribution in [1.82, 2.24) is 4.90 Å². The maximum absolute atomic E-state index is 13.7. The predicted molar refractivity (Wildman–Crippen MR) is 132 cm³/mol. The second kappa shape index (κ2) is 9.77. The lowest BCUT2D eigenvalue weighted by atomic mass is 10.1. The SMILES string of the molecule is CC(=O)Oc1ccc(N2C(=O)CC(N(Cc3ccc4c(c3)OCO4)C(=O)c3cccc(C)c3)C2=O)cc1. The highest BCUT2D eigenvalue weighted by atomic mass is 16.7.